The molecule has 1 aliphatic heterocycles. The van der Waals surface area contributed by atoms with Gasteiger partial charge in [0, 0.05) is 12.8 Å². The van der Waals surface area contributed by atoms with Crippen LogP contribution in [0.15, 0.2) is 18.2 Å². The highest BCUT2D eigenvalue weighted by molar-refractivity contribution is 5.29. The predicted molar refractivity (Wildman–Crippen MR) is 77.6 cm³/mol. The number of rotatable bonds is 3. The van der Waals surface area contributed by atoms with E-state index in [-0.39, 0.29) is 5.79 Å². The lowest BCUT2D eigenvalue weighted by atomic mass is 9.91. The zero-order valence-corrected chi connectivity index (χ0v) is 12.5. The summed E-state index contributed by atoms with van der Waals surface area (Å²) in [5.41, 5.74) is 3.91. The molecule has 0 bridgehead atoms. The van der Waals surface area contributed by atoms with E-state index in [0.29, 0.717) is 12.7 Å². The fraction of sp³-hybridized carbons (Fsp3) is 0.647. The van der Waals surface area contributed by atoms with E-state index < -0.39 is 0 Å². The molecule has 2 fully saturated rings. The molecule has 0 N–H and O–H groups in total. The van der Waals surface area contributed by atoms with E-state index in [4.69, 9.17) is 14.2 Å². The van der Waals surface area contributed by atoms with Crippen LogP contribution in [0.25, 0.3) is 0 Å². The van der Waals surface area contributed by atoms with Gasteiger partial charge in [0.05, 0.1) is 25.9 Å². The summed E-state index contributed by atoms with van der Waals surface area (Å²) in [5.74, 6) is -0.279. The topological polar surface area (TPSA) is 27.7 Å². The maximum absolute atomic E-state index is 6.10. The first-order valence-electron chi connectivity index (χ1n) is 7.63. The number of aryl methyl sites for hydroxylation is 2. The van der Waals surface area contributed by atoms with Crippen molar-refractivity contribution in [2.24, 2.45) is 0 Å². The lowest BCUT2D eigenvalue weighted by Gasteiger charge is -2.35. The molecule has 1 aromatic rings. The molecule has 1 heterocycles. The van der Waals surface area contributed by atoms with Crippen molar-refractivity contribution in [3.05, 3.63) is 34.9 Å². The maximum Gasteiger partial charge on any atom is 0.168 e. The Labute approximate surface area is 121 Å². The quantitative estimate of drug-likeness (QED) is 0.845. The number of ether oxygens (including phenoxy) is 3. The molecular weight excluding hydrogens is 252 g/mol. The lowest BCUT2D eigenvalue weighted by molar-refractivity contribution is -0.192. The standard InChI is InChI=1S/C17H24O3/c1-13-3-4-14(2)15(11-13)12-18-16-5-7-17(8-6-16)19-9-10-20-17/h3-4,11,16H,5-10,12H2,1-2H3. The summed E-state index contributed by atoms with van der Waals surface area (Å²) in [6, 6.07) is 6.55. The molecule has 0 aromatic heterocycles. The van der Waals surface area contributed by atoms with Crippen molar-refractivity contribution in [3.8, 4) is 0 Å². The largest absolute Gasteiger partial charge is 0.374 e. The second-order valence-corrected chi connectivity index (χ2v) is 6.05. The van der Waals surface area contributed by atoms with Crippen LogP contribution in [0.4, 0.5) is 0 Å². The summed E-state index contributed by atoms with van der Waals surface area (Å²) >= 11 is 0. The second kappa shape index (κ2) is 5.84. The first kappa shape index (κ1) is 14.1. The molecule has 0 amide bonds. The molecule has 3 heteroatoms. The summed E-state index contributed by atoms with van der Waals surface area (Å²) in [6.45, 7) is 6.48. The molecule has 0 atom stereocenters. The first-order chi connectivity index (χ1) is 9.67. The highest BCUT2D eigenvalue weighted by atomic mass is 16.7. The minimum Gasteiger partial charge on any atom is -0.374 e. The van der Waals surface area contributed by atoms with Crippen molar-refractivity contribution in [3.63, 3.8) is 0 Å². The van der Waals surface area contributed by atoms with Gasteiger partial charge >= 0.3 is 0 Å². The molecule has 110 valence electrons. The van der Waals surface area contributed by atoms with Gasteiger partial charge in [0.2, 0.25) is 0 Å². The van der Waals surface area contributed by atoms with Crippen LogP contribution in [0, 0.1) is 13.8 Å². The van der Waals surface area contributed by atoms with Crippen LogP contribution < -0.4 is 0 Å². The van der Waals surface area contributed by atoms with Gasteiger partial charge in [-0.05, 0) is 37.8 Å². The van der Waals surface area contributed by atoms with Gasteiger partial charge in [-0.25, -0.2) is 0 Å². The zero-order valence-electron chi connectivity index (χ0n) is 12.5. The average molecular weight is 276 g/mol. The van der Waals surface area contributed by atoms with Gasteiger partial charge in [0.1, 0.15) is 0 Å². The maximum atomic E-state index is 6.10. The summed E-state index contributed by atoms with van der Waals surface area (Å²) < 4.78 is 17.6. The van der Waals surface area contributed by atoms with Crippen LogP contribution >= 0.6 is 0 Å². The zero-order chi connectivity index (χ0) is 14.0. The third-order valence-electron chi connectivity index (χ3n) is 4.49. The molecule has 20 heavy (non-hydrogen) atoms. The van der Waals surface area contributed by atoms with E-state index in [1.807, 2.05) is 0 Å². The molecule has 1 aliphatic carbocycles. The minimum atomic E-state index is -0.279. The van der Waals surface area contributed by atoms with E-state index >= 15 is 0 Å². The molecular formula is C17H24O3. The van der Waals surface area contributed by atoms with Crippen molar-refractivity contribution in [2.75, 3.05) is 13.2 Å². The van der Waals surface area contributed by atoms with E-state index in [1.165, 1.54) is 16.7 Å². The van der Waals surface area contributed by atoms with Crippen molar-refractivity contribution in [1.82, 2.24) is 0 Å². The Kier molecular flexibility index (Phi) is 4.11. The van der Waals surface area contributed by atoms with Gasteiger partial charge in [0.25, 0.3) is 0 Å². The smallest absolute Gasteiger partial charge is 0.168 e. The van der Waals surface area contributed by atoms with Gasteiger partial charge in [0.15, 0.2) is 5.79 Å². The van der Waals surface area contributed by atoms with Crippen molar-refractivity contribution >= 4 is 0 Å². The lowest BCUT2D eigenvalue weighted by Crippen LogP contribution is -2.37. The molecule has 0 unspecified atom stereocenters. The molecule has 3 rings (SSSR count). The van der Waals surface area contributed by atoms with Gasteiger partial charge in [-0.3, -0.25) is 0 Å². The molecule has 1 aromatic carbocycles. The third kappa shape index (κ3) is 3.05. The Bertz CT molecular complexity index is 453. The Morgan fingerprint density at radius 1 is 1.15 bits per heavy atom. The van der Waals surface area contributed by atoms with Gasteiger partial charge in [-0.1, -0.05) is 23.8 Å². The van der Waals surface area contributed by atoms with E-state index in [2.05, 4.69) is 32.0 Å². The summed E-state index contributed by atoms with van der Waals surface area (Å²) in [5, 5.41) is 0. The highest BCUT2D eigenvalue weighted by Crippen LogP contribution is 2.36. The normalized spacial score (nSPS) is 22.5. The van der Waals surface area contributed by atoms with E-state index in [0.717, 1.165) is 38.9 Å². The average Bonchev–Trinajstić information content (AvgIpc) is 2.90. The number of hydrogen-bond acceptors (Lipinski definition) is 3. The van der Waals surface area contributed by atoms with Crippen molar-refractivity contribution in [2.45, 2.75) is 58.0 Å². The molecule has 1 saturated heterocycles. The molecule has 1 spiro atoms. The molecule has 1 saturated carbocycles. The van der Waals surface area contributed by atoms with Gasteiger partial charge in [-0.2, -0.15) is 0 Å². The molecule has 3 nitrogen and oxygen atoms in total. The number of hydrogen-bond donors (Lipinski definition) is 0. The Balaban J connectivity index is 1.51. The minimum absolute atomic E-state index is 0.279. The predicted octanol–water partition coefficient (Wildman–Crippen LogP) is 3.51. The monoisotopic (exact) mass is 276 g/mol. The van der Waals surface area contributed by atoms with Gasteiger partial charge in [-0.15, -0.1) is 0 Å². The first-order valence-corrected chi connectivity index (χ1v) is 7.63. The van der Waals surface area contributed by atoms with Crippen LogP contribution in [0.3, 0.4) is 0 Å². The second-order valence-electron chi connectivity index (χ2n) is 6.05. The van der Waals surface area contributed by atoms with Gasteiger partial charge < -0.3 is 14.2 Å². The number of benzene rings is 1. The SMILES string of the molecule is Cc1ccc(C)c(COC2CCC3(CC2)OCCO3)c1. The third-order valence-corrected chi connectivity index (χ3v) is 4.49. The van der Waals surface area contributed by atoms with Crippen LogP contribution in [0.1, 0.15) is 42.4 Å². The Hall–Kier alpha value is -0.900. The Morgan fingerprint density at radius 2 is 1.85 bits per heavy atom. The van der Waals surface area contributed by atoms with Crippen LogP contribution in [-0.4, -0.2) is 25.1 Å². The summed E-state index contributed by atoms with van der Waals surface area (Å²) in [4.78, 5) is 0. The molecule has 2 aliphatic rings. The fourth-order valence-corrected chi connectivity index (χ4v) is 3.15. The van der Waals surface area contributed by atoms with E-state index in [1.54, 1.807) is 0 Å². The summed E-state index contributed by atoms with van der Waals surface area (Å²) in [6.07, 6.45) is 4.33. The fourth-order valence-electron chi connectivity index (χ4n) is 3.15. The van der Waals surface area contributed by atoms with Crippen LogP contribution in [0.2, 0.25) is 0 Å². The van der Waals surface area contributed by atoms with Crippen molar-refractivity contribution in [1.29, 1.82) is 0 Å². The molecule has 0 radical (unpaired) electrons. The van der Waals surface area contributed by atoms with Crippen LogP contribution in [-0.2, 0) is 20.8 Å². The Morgan fingerprint density at radius 3 is 2.55 bits per heavy atom. The van der Waals surface area contributed by atoms with Crippen LogP contribution in [0.5, 0.6) is 0 Å². The van der Waals surface area contributed by atoms with E-state index in [9.17, 15) is 0 Å². The van der Waals surface area contributed by atoms with Crippen molar-refractivity contribution < 1.29 is 14.2 Å². The highest BCUT2D eigenvalue weighted by Gasteiger charge is 2.40. The summed E-state index contributed by atoms with van der Waals surface area (Å²) in [7, 11) is 0.